The molecule has 1 aromatic heterocycles. The van der Waals surface area contributed by atoms with Crippen LogP contribution in [0.25, 0.3) is 0 Å². The van der Waals surface area contributed by atoms with Crippen LogP contribution in [0.2, 0.25) is 0 Å². The number of ether oxygens (including phenoxy) is 3. The van der Waals surface area contributed by atoms with Crippen molar-refractivity contribution in [1.29, 1.82) is 0 Å². The van der Waals surface area contributed by atoms with E-state index in [9.17, 15) is 4.79 Å². The van der Waals surface area contributed by atoms with Crippen LogP contribution in [0.1, 0.15) is 52.9 Å². The zero-order valence-corrected chi connectivity index (χ0v) is 17.3. The minimum Gasteiger partial charge on any atom is -0.490 e. The number of para-hydroxylation sites is 1. The number of rotatable bonds is 5. The van der Waals surface area contributed by atoms with Crippen LogP contribution in [0.4, 0.5) is 0 Å². The Morgan fingerprint density at radius 2 is 2.00 bits per heavy atom. The fourth-order valence-electron chi connectivity index (χ4n) is 4.07. The number of hydrogen-bond donors (Lipinski definition) is 0. The van der Waals surface area contributed by atoms with Crippen molar-refractivity contribution >= 4 is 11.7 Å². The van der Waals surface area contributed by atoms with Crippen molar-refractivity contribution in [3.05, 3.63) is 83.3 Å². The van der Waals surface area contributed by atoms with Gasteiger partial charge in [0, 0.05) is 17.5 Å². The van der Waals surface area contributed by atoms with E-state index in [0.717, 1.165) is 28.3 Å². The second kappa shape index (κ2) is 7.83. The van der Waals surface area contributed by atoms with Crippen LogP contribution in [0.5, 0.6) is 11.5 Å². The topological polar surface area (TPSA) is 73.5 Å². The fraction of sp³-hybridized carbons (Fsp3) is 0.250. The number of esters is 1. The first-order chi connectivity index (χ1) is 15.2. The lowest BCUT2D eigenvalue weighted by atomic mass is 9.97. The molecule has 0 radical (unpaired) electrons. The molecule has 2 aromatic carbocycles. The van der Waals surface area contributed by atoms with E-state index in [1.165, 1.54) is 7.11 Å². The molecule has 5 rings (SSSR count). The van der Waals surface area contributed by atoms with E-state index in [1.54, 1.807) is 18.4 Å². The average Bonchev–Trinajstić information content (AvgIpc) is 3.49. The molecule has 2 aliphatic heterocycles. The fourth-order valence-corrected chi connectivity index (χ4v) is 4.07. The molecule has 7 heteroatoms. The molecule has 158 valence electrons. The molecule has 0 spiro atoms. The predicted molar refractivity (Wildman–Crippen MR) is 113 cm³/mol. The van der Waals surface area contributed by atoms with Crippen LogP contribution in [-0.2, 0) is 4.74 Å². The Bertz CT molecular complexity index is 1120. The van der Waals surface area contributed by atoms with E-state index in [2.05, 4.69) is 0 Å². The Labute approximate surface area is 179 Å². The third kappa shape index (κ3) is 3.32. The van der Waals surface area contributed by atoms with Crippen LogP contribution in [-0.4, -0.2) is 30.4 Å². The van der Waals surface area contributed by atoms with Crippen LogP contribution >= 0.6 is 0 Å². The van der Waals surface area contributed by atoms with Gasteiger partial charge >= 0.3 is 5.97 Å². The molecular formula is C24H22N2O5. The molecule has 0 saturated carbocycles. The highest BCUT2D eigenvalue weighted by molar-refractivity contribution is 5.99. The maximum absolute atomic E-state index is 11.8. The van der Waals surface area contributed by atoms with Gasteiger partial charge in [0.25, 0.3) is 0 Å². The Hall–Kier alpha value is -3.74. The average molecular weight is 418 g/mol. The third-order valence-corrected chi connectivity index (χ3v) is 5.50. The van der Waals surface area contributed by atoms with Gasteiger partial charge < -0.3 is 18.6 Å². The van der Waals surface area contributed by atoms with E-state index in [4.69, 9.17) is 23.7 Å². The highest BCUT2D eigenvalue weighted by Gasteiger charge is 2.42. The van der Waals surface area contributed by atoms with Crippen molar-refractivity contribution in [1.82, 2.24) is 5.01 Å². The molecule has 0 saturated heterocycles. The first kappa shape index (κ1) is 19.2. The monoisotopic (exact) mass is 418 g/mol. The summed E-state index contributed by atoms with van der Waals surface area (Å²) in [5, 5.41) is 6.82. The summed E-state index contributed by atoms with van der Waals surface area (Å²) in [6.07, 6.45) is 1.87. The van der Waals surface area contributed by atoms with E-state index >= 15 is 0 Å². The highest BCUT2D eigenvalue weighted by Crippen LogP contribution is 2.50. The molecule has 7 nitrogen and oxygen atoms in total. The summed E-state index contributed by atoms with van der Waals surface area (Å²) in [4.78, 5) is 11.8. The molecule has 2 aliphatic rings. The lowest BCUT2D eigenvalue weighted by Gasteiger charge is -2.38. The van der Waals surface area contributed by atoms with Gasteiger partial charge in [-0.1, -0.05) is 24.3 Å². The molecule has 0 unspecified atom stereocenters. The molecule has 3 aromatic rings. The van der Waals surface area contributed by atoms with Gasteiger partial charge in [0.2, 0.25) is 6.23 Å². The van der Waals surface area contributed by atoms with Crippen molar-refractivity contribution in [2.45, 2.75) is 25.6 Å². The van der Waals surface area contributed by atoms with Crippen molar-refractivity contribution in [2.24, 2.45) is 5.10 Å². The first-order valence-corrected chi connectivity index (χ1v) is 10.2. The van der Waals surface area contributed by atoms with Gasteiger partial charge in [0.15, 0.2) is 11.5 Å². The number of methoxy groups -OCH3 is 1. The Morgan fingerprint density at radius 1 is 1.16 bits per heavy atom. The maximum Gasteiger partial charge on any atom is 0.337 e. The summed E-state index contributed by atoms with van der Waals surface area (Å²) in [5.41, 5.74) is 3.25. The van der Waals surface area contributed by atoms with Gasteiger partial charge in [-0.05, 0) is 37.3 Å². The van der Waals surface area contributed by atoms with Crippen LogP contribution in [0.3, 0.4) is 0 Å². The van der Waals surface area contributed by atoms with Gasteiger partial charge in [-0.2, -0.15) is 5.10 Å². The zero-order valence-electron chi connectivity index (χ0n) is 17.3. The largest absolute Gasteiger partial charge is 0.490 e. The standard InChI is InChI=1S/C24H22N2O5/c1-3-29-21-7-4-6-17-19-14-18(20-8-5-13-30-20)25-26(19)23(31-22(17)21)15-9-11-16(12-10-15)24(27)28-2/h4-13,19,23H,3,14H2,1-2H3/t19-,23-/m1/s1. The smallest absolute Gasteiger partial charge is 0.337 e. The number of hydrazone groups is 1. The normalized spacial score (nSPS) is 19.2. The minimum absolute atomic E-state index is 0.0189. The second-order valence-electron chi connectivity index (χ2n) is 7.32. The Kier molecular flexibility index (Phi) is 4.86. The SMILES string of the molecule is CCOc1cccc2c1O[C@H](c1ccc(C(=O)OC)cc1)N1N=C(c3ccco3)C[C@H]21. The minimum atomic E-state index is -0.474. The van der Waals surface area contributed by atoms with Crippen LogP contribution < -0.4 is 9.47 Å². The molecular weight excluding hydrogens is 396 g/mol. The maximum atomic E-state index is 11.8. The molecule has 0 fully saturated rings. The summed E-state index contributed by atoms with van der Waals surface area (Å²) in [6, 6.07) is 16.9. The number of fused-ring (bicyclic) bond motifs is 3. The van der Waals surface area contributed by atoms with E-state index in [-0.39, 0.29) is 12.0 Å². The summed E-state index contributed by atoms with van der Waals surface area (Å²) in [6.45, 7) is 2.49. The Morgan fingerprint density at radius 3 is 2.71 bits per heavy atom. The molecule has 0 amide bonds. The number of carbonyl (C=O) groups is 1. The van der Waals surface area contributed by atoms with Gasteiger partial charge in [-0.25, -0.2) is 9.80 Å². The van der Waals surface area contributed by atoms with Gasteiger partial charge in [0.05, 0.1) is 31.6 Å². The number of carbonyl (C=O) groups excluding carboxylic acids is 1. The predicted octanol–water partition coefficient (Wildman–Crippen LogP) is 4.71. The number of furan rings is 1. The molecule has 3 heterocycles. The second-order valence-corrected chi connectivity index (χ2v) is 7.32. The van der Waals surface area contributed by atoms with Gasteiger partial charge in [0.1, 0.15) is 11.5 Å². The Balaban J connectivity index is 1.57. The highest BCUT2D eigenvalue weighted by atomic mass is 16.5. The molecule has 0 N–H and O–H groups in total. The quantitative estimate of drug-likeness (QED) is 0.559. The summed E-state index contributed by atoms with van der Waals surface area (Å²) < 4.78 is 22.7. The number of hydrogen-bond acceptors (Lipinski definition) is 7. The number of nitrogens with zero attached hydrogens (tertiary/aromatic N) is 2. The summed E-state index contributed by atoms with van der Waals surface area (Å²) >= 11 is 0. The molecule has 31 heavy (non-hydrogen) atoms. The molecule has 2 atom stereocenters. The zero-order chi connectivity index (χ0) is 21.4. The summed E-state index contributed by atoms with van der Waals surface area (Å²) in [7, 11) is 1.37. The van der Waals surface area contributed by atoms with Crippen molar-refractivity contribution in [3.63, 3.8) is 0 Å². The van der Waals surface area contributed by atoms with E-state index in [0.29, 0.717) is 24.3 Å². The van der Waals surface area contributed by atoms with Crippen molar-refractivity contribution < 1.29 is 23.4 Å². The van der Waals surface area contributed by atoms with Crippen LogP contribution in [0.15, 0.2) is 70.4 Å². The lowest BCUT2D eigenvalue weighted by molar-refractivity contribution is -0.0212. The van der Waals surface area contributed by atoms with Gasteiger partial charge in [-0.3, -0.25) is 0 Å². The number of benzene rings is 2. The summed E-state index contributed by atoms with van der Waals surface area (Å²) in [5.74, 6) is 1.81. The third-order valence-electron chi connectivity index (χ3n) is 5.50. The lowest BCUT2D eigenvalue weighted by Crippen LogP contribution is -2.34. The van der Waals surface area contributed by atoms with Crippen molar-refractivity contribution in [2.75, 3.05) is 13.7 Å². The van der Waals surface area contributed by atoms with Crippen LogP contribution in [0, 0.1) is 0 Å². The van der Waals surface area contributed by atoms with Crippen molar-refractivity contribution in [3.8, 4) is 11.5 Å². The van der Waals surface area contributed by atoms with Gasteiger partial charge in [-0.15, -0.1) is 0 Å². The molecule has 0 aliphatic carbocycles. The first-order valence-electron chi connectivity index (χ1n) is 10.2. The molecule has 0 bridgehead atoms. The van der Waals surface area contributed by atoms with E-state index < -0.39 is 6.23 Å². The van der Waals surface area contributed by atoms with E-state index in [1.807, 2.05) is 54.4 Å².